The maximum absolute atomic E-state index is 12.7. The highest BCUT2D eigenvalue weighted by atomic mass is 16.5. The van der Waals surface area contributed by atoms with Crippen LogP contribution >= 0.6 is 0 Å². The van der Waals surface area contributed by atoms with E-state index in [4.69, 9.17) is 4.74 Å². The largest absolute Gasteiger partial charge is 0.494 e. The van der Waals surface area contributed by atoms with Crippen molar-refractivity contribution in [2.24, 2.45) is 5.92 Å². The van der Waals surface area contributed by atoms with E-state index in [-0.39, 0.29) is 5.91 Å². The molecule has 0 fully saturated rings. The number of carbonyl (C=O) groups excluding carboxylic acids is 1. The molecule has 2 heterocycles. The van der Waals surface area contributed by atoms with Gasteiger partial charge < -0.3 is 10.1 Å². The summed E-state index contributed by atoms with van der Waals surface area (Å²) in [6.07, 6.45) is 6.66. The first kappa shape index (κ1) is 17.5. The normalized spacial score (nSPS) is 16.1. The summed E-state index contributed by atoms with van der Waals surface area (Å²) in [7, 11) is 0. The average Bonchev–Trinajstić information content (AvgIpc) is 3.11. The van der Waals surface area contributed by atoms with Crippen LogP contribution in [0.5, 0.6) is 5.75 Å². The Morgan fingerprint density at radius 3 is 3.04 bits per heavy atom. The van der Waals surface area contributed by atoms with Crippen molar-refractivity contribution in [2.75, 3.05) is 6.61 Å². The van der Waals surface area contributed by atoms with E-state index in [0.29, 0.717) is 30.3 Å². The molecule has 0 saturated carbocycles. The van der Waals surface area contributed by atoms with Crippen molar-refractivity contribution in [3.63, 3.8) is 0 Å². The molecule has 1 atom stereocenters. The van der Waals surface area contributed by atoms with Gasteiger partial charge in [-0.25, -0.2) is 9.50 Å². The third-order valence-corrected chi connectivity index (χ3v) is 5.11. The Kier molecular flexibility index (Phi) is 4.79. The average molecular weight is 364 g/mol. The Hall–Kier alpha value is -2.89. The second-order valence-electron chi connectivity index (χ2n) is 7.10. The topological polar surface area (TPSA) is 68.5 Å². The van der Waals surface area contributed by atoms with Crippen LogP contribution in [-0.4, -0.2) is 27.1 Å². The summed E-state index contributed by atoms with van der Waals surface area (Å²) >= 11 is 0. The lowest BCUT2D eigenvalue weighted by Crippen LogP contribution is -2.23. The van der Waals surface area contributed by atoms with Gasteiger partial charge >= 0.3 is 0 Å². The standard InChI is InChI=1S/C21H24N4O2/c1-3-27-19-7-5-4-6-15(19)11-23-21(26)17-13-24-25-18-9-8-14(2)10-16(18)12-22-20(17)25/h4-7,12-14H,3,8-11H2,1-2H3,(H,23,26)/t14-/m0/s1. The van der Waals surface area contributed by atoms with E-state index < -0.39 is 0 Å². The zero-order valence-electron chi connectivity index (χ0n) is 15.7. The number of rotatable bonds is 5. The Morgan fingerprint density at radius 1 is 1.33 bits per heavy atom. The molecule has 0 bridgehead atoms. The van der Waals surface area contributed by atoms with Crippen LogP contribution in [0.25, 0.3) is 5.65 Å². The molecule has 1 amide bonds. The van der Waals surface area contributed by atoms with Crippen molar-refractivity contribution in [1.82, 2.24) is 19.9 Å². The fourth-order valence-electron chi connectivity index (χ4n) is 3.69. The Labute approximate surface area is 158 Å². The summed E-state index contributed by atoms with van der Waals surface area (Å²) < 4.78 is 7.46. The zero-order chi connectivity index (χ0) is 18.8. The number of nitrogens with zero attached hydrogens (tertiary/aromatic N) is 3. The van der Waals surface area contributed by atoms with Crippen molar-refractivity contribution in [3.8, 4) is 5.75 Å². The van der Waals surface area contributed by atoms with Crippen LogP contribution in [0.1, 0.15) is 47.4 Å². The summed E-state index contributed by atoms with van der Waals surface area (Å²) in [5.74, 6) is 1.29. The first-order valence-electron chi connectivity index (χ1n) is 9.50. The van der Waals surface area contributed by atoms with Gasteiger partial charge in [-0.2, -0.15) is 5.10 Å². The number of aromatic nitrogens is 3. The first-order valence-corrected chi connectivity index (χ1v) is 9.50. The number of hydrogen-bond donors (Lipinski definition) is 1. The number of fused-ring (bicyclic) bond motifs is 3. The molecular weight excluding hydrogens is 340 g/mol. The minimum absolute atomic E-state index is 0.173. The SMILES string of the molecule is CCOc1ccccc1CNC(=O)c1cnn2c3c(cnc12)C[C@@H](C)CC3. The minimum Gasteiger partial charge on any atom is -0.494 e. The van der Waals surface area contributed by atoms with Crippen LogP contribution in [0.3, 0.4) is 0 Å². The van der Waals surface area contributed by atoms with Crippen LogP contribution < -0.4 is 10.1 Å². The Morgan fingerprint density at radius 2 is 2.19 bits per heavy atom. The number of carbonyl (C=O) groups is 1. The number of amides is 1. The van der Waals surface area contributed by atoms with Crippen molar-refractivity contribution in [2.45, 2.75) is 39.7 Å². The second kappa shape index (κ2) is 7.39. The van der Waals surface area contributed by atoms with Crippen molar-refractivity contribution < 1.29 is 9.53 Å². The van der Waals surface area contributed by atoms with Gasteiger partial charge in [-0.15, -0.1) is 0 Å². The predicted molar refractivity (Wildman–Crippen MR) is 103 cm³/mol. The van der Waals surface area contributed by atoms with Gasteiger partial charge in [-0.3, -0.25) is 4.79 Å². The first-order chi connectivity index (χ1) is 13.2. The van der Waals surface area contributed by atoms with Gasteiger partial charge in [0.25, 0.3) is 5.91 Å². The number of ether oxygens (including phenoxy) is 1. The van der Waals surface area contributed by atoms with Crippen LogP contribution in [0.2, 0.25) is 0 Å². The van der Waals surface area contributed by atoms with Crippen LogP contribution in [0, 0.1) is 5.92 Å². The number of para-hydroxylation sites is 1. The molecule has 1 N–H and O–H groups in total. The molecule has 0 radical (unpaired) electrons. The van der Waals surface area contributed by atoms with Gasteiger partial charge in [0.15, 0.2) is 5.65 Å². The highest BCUT2D eigenvalue weighted by Crippen LogP contribution is 2.26. The number of nitrogens with one attached hydrogen (secondary N) is 1. The number of aryl methyl sites for hydroxylation is 1. The molecule has 1 aromatic carbocycles. The van der Waals surface area contributed by atoms with Crippen LogP contribution in [0.4, 0.5) is 0 Å². The van der Waals surface area contributed by atoms with Crippen molar-refractivity contribution in [1.29, 1.82) is 0 Å². The fraction of sp³-hybridized carbons (Fsp3) is 0.381. The molecule has 6 heteroatoms. The molecule has 2 aromatic heterocycles. The second-order valence-corrected chi connectivity index (χ2v) is 7.10. The summed E-state index contributed by atoms with van der Waals surface area (Å²) in [5.41, 5.74) is 4.49. The van der Waals surface area contributed by atoms with Gasteiger partial charge in [0, 0.05) is 24.0 Å². The smallest absolute Gasteiger partial charge is 0.257 e. The van der Waals surface area contributed by atoms with E-state index >= 15 is 0 Å². The molecule has 1 aliphatic carbocycles. The lowest BCUT2D eigenvalue weighted by Gasteiger charge is -2.21. The van der Waals surface area contributed by atoms with E-state index in [0.717, 1.165) is 30.6 Å². The lowest BCUT2D eigenvalue weighted by molar-refractivity contribution is 0.0952. The molecule has 0 spiro atoms. The molecule has 0 unspecified atom stereocenters. The van der Waals surface area contributed by atoms with E-state index in [1.165, 1.54) is 11.3 Å². The lowest BCUT2D eigenvalue weighted by atomic mass is 9.89. The zero-order valence-corrected chi connectivity index (χ0v) is 15.7. The van der Waals surface area contributed by atoms with E-state index in [9.17, 15) is 4.79 Å². The molecule has 0 saturated heterocycles. The summed E-state index contributed by atoms with van der Waals surface area (Å²) in [6.45, 7) is 5.19. The summed E-state index contributed by atoms with van der Waals surface area (Å²) in [4.78, 5) is 17.3. The summed E-state index contributed by atoms with van der Waals surface area (Å²) in [6, 6.07) is 7.73. The summed E-state index contributed by atoms with van der Waals surface area (Å²) in [5, 5.41) is 7.42. The molecular formula is C21H24N4O2. The Bertz CT molecular complexity index is 979. The minimum atomic E-state index is -0.173. The van der Waals surface area contributed by atoms with Crippen LogP contribution in [-0.2, 0) is 19.4 Å². The van der Waals surface area contributed by atoms with Gasteiger partial charge in [-0.05, 0) is 43.7 Å². The predicted octanol–water partition coefficient (Wildman–Crippen LogP) is 3.18. The third kappa shape index (κ3) is 3.39. The van der Waals surface area contributed by atoms with E-state index in [1.807, 2.05) is 41.9 Å². The van der Waals surface area contributed by atoms with Gasteiger partial charge in [0.2, 0.25) is 0 Å². The maximum atomic E-state index is 12.7. The van der Waals surface area contributed by atoms with Gasteiger partial charge in [0.1, 0.15) is 11.3 Å². The van der Waals surface area contributed by atoms with Gasteiger partial charge in [-0.1, -0.05) is 25.1 Å². The molecule has 3 aromatic rings. The highest BCUT2D eigenvalue weighted by molar-refractivity contribution is 5.99. The molecule has 0 aliphatic heterocycles. The maximum Gasteiger partial charge on any atom is 0.257 e. The van der Waals surface area contributed by atoms with E-state index in [1.54, 1.807) is 6.20 Å². The van der Waals surface area contributed by atoms with E-state index in [2.05, 4.69) is 22.3 Å². The number of benzene rings is 1. The highest BCUT2D eigenvalue weighted by Gasteiger charge is 2.22. The van der Waals surface area contributed by atoms with Crippen molar-refractivity contribution >= 4 is 11.6 Å². The van der Waals surface area contributed by atoms with Gasteiger partial charge in [0.05, 0.1) is 12.8 Å². The number of hydrogen-bond acceptors (Lipinski definition) is 4. The monoisotopic (exact) mass is 364 g/mol. The van der Waals surface area contributed by atoms with Crippen molar-refractivity contribution in [3.05, 3.63) is 59.0 Å². The fourth-order valence-corrected chi connectivity index (χ4v) is 3.69. The molecule has 4 rings (SSSR count). The third-order valence-electron chi connectivity index (χ3n) is 5.11. The van der Waals surface area contributed by atoms with Crippen LogP contribution in [0.15, 0.2) is 36.7 Å². The molecule has 6 nitrogen and oxygen atoms in total. The quantitative estimate of drug-likeness (QED) is 0.755. The molecule has 140 valence electrons. The molecule has 27 heavy (non-hydrogen) atoms. The molecule has 1 aliphatic rings. The Balaban J connectivity index is 1.55.